The summed E-state index contributed by atoms with van der Waals surface area (Å²) >= 11 is 0. The summed E-state index contributed by atoms with van der Waals surface area (Å²) in [5, 5.41) is 7.14. The summed E-state index contributed by atoms with van der Waals surface area (Å²) in [6.07, 6.45) is 1.17. The van der Waals surface area contributed by atoms with Crippen LogP contribution in [0.5, 0.6) is 0 Å². The molecule has 4 nitrogen and oxygen atoms in total. The van der Waals surface area contributed by atoms with Crippen molar-refractivity contribution in [2.45, 2.75) is 0 Å². The van der Waals surface area contributed by atoms with E-state index < -0.39 is 17.5 Å². The predicted octanol–water partition coefficient (Wildman–Crippen LogP) is 1.27. The highest BCUT2D eigenvalue weighted by Gasteiger charge is 2.15. The van der Waals surface area contributed by atoms with Crippen LogP contribution in [0.1, 0.15) is 0 Å². The normalized spacial score (nSPS) is 10.6. The molecule has 1 heterocycles. The Labute approximate surface area is 82.1 Å². The fourth-order valence-electron chi connectivity index (χ4n) is 1.06. The number of aromatic nitrogens is 3. The van der Waals surface area contributed by atoms with Crippen LogP contribution in [0.3, 0.4) is 0 Å². The van der Waals surface area contributed by atoms with Crippen molar-refractivity contribution in [1.29, 1.82) is 0 Å². The maximum atomic E-state index is 13.2. The number of rotatable bonds is 1. The van der Waals surface area contributed by atoms with Crippen molar-refractivity contribution in [2.24, 2.45) is 0 Å². The molecule has 0 fully saturated rings. The summed E-state index contributed by atoms with van der Waals surface area (Å²) in [5.41, 5.74) is 4.95. The predicted molar refractivity (Wildman–Crippen MR) is 45.6 cm³/mol. The Morgan fingerprint density at radius 3 is 2.47 bits per heavy atom. The van der Waals surface area contributed by atoms with E-state index in [1.165, 1.54) is 6.20 Å². The topological polar surface area (TPSA) is 56.7 Å². The fraction of sp³-hybridized carbons (Fsp3) is 0. The molecule has 0 spiro atoms. The van der Waals surface area contributed by atoms with E-state index in [1.54, 1.807) is 0 Å². The third-order valence-electron chi connectivity index (χ3n) is 1.74. The second-order valence-electron chi connectivity index (χ2n) is 2.75. The van der Waals surface area contributed by atoms with E-state index >= 15 is 0 Å². The first-order chi connectivity index (χ1) is 7.09. The lowest BCUT2D eigenvalue weighted by atomic mass is 10.3. The number of nitrogens with zero attached hydrogens (tertiary/aromatic N) is 3. The van der Waals surface area contributed by atoms with Crippen LogP contribution >= 0.6 is 0 Å². The number of anilines is 1. The lowest BCUT2D eigenvalue weighted by molar-refractivity contribution is 0.441. The molecular weight excluding hydrogens is 209 g/mol. The largest absolute Gasteiger partial charge is 0.381 e. The van der Waals surface area contributed by atoms with Crippen molar-refractivity contribution >= 4 is 5.82 Å². The number of halogens is 3. The summed E-state index contributed by atoms with van der Waals surface area (Å²) in [6.45, 7) is 0. The molecule has 0 bridgehead atoms. The molecule has 0 saturated carbocycles. The highest BCUT2D eigenvalue weighted by molar-refractivity contribution is 5.34. The molecule has 15 heavy (non-hydrogen) atoms. The third kappa shape index (κ3) is 1.51. The summed E-state index contributed by atoms with van der Waals surface area (Å²) in [5.74, 6) is -4.13. The first-order valence-corrected chi connectivity index (χ1v) is 3.91. The molecule has 0 aliphatic rings. The molecular formula is C8H5F3N4. The number of hydrogen-bond donors (Lipinski definition) is 1. The quantitative estimate of drug-likeness (QED) is 0.727. The van der Waals surface area contributed by atoms with E-state index in [0.29, 0.717) is 0 Å². The maximum absolute atomic E-state index is 13.2. The Hall–Kier alpha value is -2.05. The standard InChI is InChI=1S/C8H5F3N4/c9-4-1-2-5(8(11)7(4)10)15-13-3-6(12)14-15/h1-3H,(H2,12,14). The molecule has 2 aromatic rings. The lowest BCUT2D eigenvalue weighted by Crippen LogP contribution is -2.05. The molecule has 0 aliphatic heterocycles. The zero-order valence-electron chi connectivity index (χ0n) is 7.28. The Kier molecular flexibility index (Phi) is 2.07. The van der Waals surface area contributed by atoms with Crippen LogP contribution in [0.15, 0.2) is 18.3 Å². The van der Waals surface area contributed by atoms with Gasteiger partial charge in [0.15, 0.2) is 23.3 Å². The smallest absolute Gasteiger partial charge is 0.196 e. The number of benzene rings is 1. The molecule has 0 unspecified atom stereocenters. The van der Waals surface area contributed by atoms with Gasteiger partial charge in [-0.15, -0.1) is 9.90 Å². The average molecular weight is 214 g/mol. The molecule has 0 aliphatic carbocycles. The van der Waals surface area contributed by atoms with E-state index in [0.717, 1.165) is 16.9 Å². The lowest BCUT2D eigenvalue weighted by Gasteiger charge is -2.02. The highest BCUT2D eigenvalue weighted by atomic mass is 19.2. The second-order valence-corrected chi connectivity index (χ2v) is 2.75. The summed E-state index contributed by atoms with van der Waals surface area (Å²) in [6, 6.07) is 1.81. The van der Waals surface area contributed by atoms with Gasteiger partial charge in [-0.2, -0.15) is 5.10 Å². The van der Waals surface area contributed by atoms with E-state index in [-0.39, 0.29) is 11.5 Å². The number of nitrogens with two attached hydrogens (primary N) is 1. The van der Waals surface area contributed by atoms with Crippen LogP contribution in [0, 0.1) is 17.5 Å². The second kappa shape index (κ2) is 3.26. The van der Waals surface area contributed by atoms with Crippen molar-refractivity contribution in [3.05, 3.63) is 35.8 Å². The van der Waals surface area contributed by atoms with Gasteiger partial charge in [-0.05, 0) is 12.1 Å². The van der Waals surface area contributed by atoms with Crippen LogP contribution in [-0.4, -0.2) is 15.0 Å². The number of hydrogen-bond acceptors (Lipinski definition) is 3. The van der Waals surface area contributed by atoms with Gasteiger partial charge >= 0.3 is 0 Å². The van der Waals surface area contributed by atoms with Gasteiger partial charge in [0.1, 0.15) is 5.69 Å². The van der Waals surface area contributed by atoms with Crippen LogP contribution in [-0.2, 0) is 0 Å². The Morgan fingerprint density at radius 2 is 1.87 bits per heavy atom. The van der Waals surface area contributed by atoms with Gasteiger partial charge in [-0.25, -0.2) is 13.2 Å². The van der Waals surface area contributed by atoms with Gasteiger partial charge in [-0.1, -0.05) is 0 Å². The van der Waals surface area contributed by atoms with Crippen molar-refractivity contribution in [2.75, 3.05) is 5.73 Å². The van der Waals surface area contributed by atoms with E-state index in [1.807, 2.05) is 0 Å². The molecule has 1 aromatic heterocycles. The summed E-state index contributed by atoms with van der Waals surface area (Å²) in [7, 11) is 0. The van der Waals surface area contributed by atoms with E-state index in [9.17, 15) is 13.2 Å². The molecule has 0 atom stereocenters. The monoisotopic (exact) mass is 214 g/mol. The van der Waals surface area contributed by atoms with Gasteiger partial charge in [0, 0.05) is 0 Å². The van der Waals surface area contributed by atoms with Crippen LogP contribution in [0.4, 0.5) is 19.0 Å². The number of nitrogen functional groups attached to an aromatic ring is 1. The maximum Gasteiger partial charge on any atom is 0.196 e. The summed E-state index contributed by atoms with van der Waals surface area (Å²) < 4.78 is 38.6. The van der Waals surface area contributed by atoms with Crippen LogP contribution in [0.25, 0.3) is 5.69 Å². The zero-order valence-corrected chi connectivity index (χ0v) is 7.28. The highest BCUT2D eigenvalue weighted by Crippen LogP contribution is 2.17. The molecule has 0 amide bonds. The van der Waals surface area contributed by atoms with Crippen LogP contribution < -0.4 is 5.73 Å². The van der Waals surface area contributed by atoms with Crippen molar-refractivity contribution < 1.29 is 13.2 Å². The fourth-order valence-corrected chi connectivity index (χ4v) is 1.06. The van der Waals surface area contributed by atoms with Crippen LogP contribution in [0.2, 0.25) is 0 Å². The van der Waals surface area contributed by atoms with Crippen molar-refractivity contribution in [1.82, 2.24) is 15.0 Å². The summed E-state index contributed by atoms with van der Waals surface area (Å²) in [4.78, 5) is 0.785. The van der Waals surface area contributed by atoms with Gasteiger partial charge < -0.3 is 5.73 Å². The van der Waals surface area contributed by atoms with Crippen molar-refractivity contribution in [3.8, 4) is 5.69 Å². The van der Waals surface area contributed by atoms with Gasteiger partial charge in [0.05, 0.1) is 6.20 Å². The minimum absolute atomic E-state index is 0.0548. The minimum atomic E-state index is -1.57. The molecule has 7 heteroatoms. The SMILES string of the molecule is Nc1cnn(-c2ccc(F)c(F)c2F)n1. The Balaban J connectivity index is 2.59. The first-order valence-electron chi connectivity index (χ1n) is 3.91. The molecule has 0 saturated heterocycles. The van der Waals surface area contributed by atoms with Crippen molar-refractivity contribution in [3.63, 3.8) is 0 Å². The third-order valence-corrected chi connectivity index (χ3v) is 1.74. The zero-order chi connectivity index (χ0) is 11.0. The van der Waals surface area contributed by atoms with Gasteiger partial charge in [0.25, 0.3) is 0 Å². The van der Waals surface area contributed by atoms with Gasteiger partial charge in [0.2, 0.25) is 0 Å². The Morgan fingerprint density at radius 1 is 1.13 bits per heavy atom. The molecule has 1 aromatic carbocycles. The molecule has 0 radical (unpaired) electrons. The molecule has 2 N–H and O–H groups in total. The molecule has 2 rings (SSSR count). The Bertz CT molecular complexity index is 509. The molecule has 78 valence electrons. The first kappa shape index (κ1) is 9.50. The van der Waals surface area contributed by atoms with E-state index in [2.05, 4.69) is 10.2 Å². The van der Waals surface area contributed by atoms with Gasteiger partial charge in [-0.3, -0.25) is 0 Å². The minimum Gasteiger partial charge on any atom is -0.381 e. The van der Waals surface area contributed by atoms with E-state index in [4.69, 9.17) is 5.73 Å². The average Bonchev–Trinajstić information content (AvgIpc) is 2.61.